The van der Waals surface area contributed by atoms with Crippen molar-refractivity contribution in [2.75, 3.05) is 0 Å². The van der Waals surface area contributed by atoms with Crippen molar-refractivity contribution in [1.29, 1.82) is 0 Å². The first-order chi connectivity index (χ1) is 8.40. The normalized spacial score (nSPS) is 12.2. The SMILES string of the molecule is Cc1cccc(C(=O)NC(CC(=O)O)C(C)C)n1. The third kappa shape index (κ3) is 4.16. The predicted octanol–water partition coefficient (Wildman–Crippen LogP) is 1.62. The molecule has 1 heterocycles. The van der Waals surface area contributed by atoms with Gasteiger partial charge in [0.25, 0.3) is 5.91 Å². The fraction of sp³-hybridized carbons (Fsp3) is 0.462. The topological polar surface area (TPSA) is 79.3 Å². The van der Waals surface area contributed by atoms with Crippen LogP contribution in [0.5, 0.6) is 0 Å². The molecule has 1 atom stereocenters. The van der Waals surface area contributed by atoms with E-state index in [1.807, 2.05) is 13.8 Å². The second-order valence-electron chi connectivity index (χ2n) is 4.59. The standard InChI is InChI=1S/C13H18N2O3/c1-8(2)11(7-12(16)17)15-13(18)10-6-4-5-9(3)14-10/h4-6,8,11H,7H2,1-3H3,(H,15,18)(H,16,17). The molecule has 18 heavy (non-hydrogen) atoms. The van der Waals surface area contributed by atoms with Gasteiger partial charge in [-0.05, 0) is 25.0 Å². The molecule has 1 unspecified atom stereocenters. The highest BCUT2D eigenvalue weighted by Gasteiger charge is 2.20. The number of carboxylic acids is 1. The number of aliphatic carboxylic acids is 1. The maximum Gasteiger partial charge on any atom is 0.305 e. The average Bonchev–Trinajstić information content (AvgIpc) is 2.27. The van der Waals surface area contributed by atoms with Crippen LogP contribution in [0.15, 0.2) is 18.2 Å². The van der Waals surface area contributed by atoms with Crippen molar-refractivity contribution in [2.24, 2.45) is 5.92 Å². The highest BCUT2D eigenvalue weighted by Crippen LogP contribution is 2.08. The molecule has 0 saturated carbocycles. The molecule has 0 saturated heterocycles. The van der Waals surface area contributed by atoms with E-state index in [9.17, 15) is 9.59 Å². The Labute approximate surface area is 106 Å². The highest BCUT2D eigenvalue weighted by molar-refractivity contribution is 5.92. The van der Waals surface area contributed by atoms with Gasteiger partial charge in [-0.2, -0.15) is 0 Å². The molecule has 5 heteroatoms. The van der Waals surface area contributed by atoms with Crippen LogP contribution in [-0.2, 0) is 4.79 Å². The summed E-state index contributed by atoms with van der Waals surface area (Å²) in [7, 11) is 0. The van der Waals surface area contributed by atoms with E-state index in [-0.39, 0.29) is 18.2 Å². The number of hydrogen-bond acceptors (Lipinski definition) is 3. The molecule has 1 rings (SSSR count). The minimum atomic E-state index is -0.925. The van der Waals surface area contributed by atoms with E-state index in [4.69, 9.17) is 5.11 Å². The summed E-state index contributed by atoms with van der Waals surface area (Å²) in [6.07, 6.45) is -0.0881. The zero-order valence-electron chi connectivity index (χ0n) is 10.8. The van der Waals surface area contributed by atoms with Gasteiger partial charge in [0.2, 0.25) is 0 Å². The van der Waals surface area contributed by atoms with Crippen molar-refractivity contribution in [2.45, 2.75) is 33.2 Å². The van der Waals surface area contributed by atoms with Crippen LogP contribution in [0.1, 0.15) is 36.5 Å². The summed E-state index contributed by atoms with van der Waals surface area (Å²) in [6.45, 7) is 5.54. The molecule has 5 nitrogen and oxygen atoms in total. The predicted molar refractivity (Wildman–Crippen MR) is 67.3 cm³/mol. The van der Waals surface area contributed by atoms with E-state index < -0.39 is 12.0 Å². The summed E-state index contributed by atoms with van der Waals surface area (Å²) >= 11 is 0. The lowest BCUT2D eigenvalue weighted by Crippen LogP contribution is -2.40. The zero-order valence-corrected chi connectivity index (χ0v) is 10.8. The second-order valence-corrected chi connectivity index (χ2v) is 4.59. The van der Waals surface area contributed by atoms with E-state index in [2.05, 4.69) is 10.3 Å². The Morgan fingerprint density at radius 2 is 2.06 bits per heavy atom. The Balaban J connectivity index is 2.75. The lowest BCUT2D eigenvalue weighted by Gasteiger charge is -2.20. The molecule has 0 fully saturated rings. The molecule has 0 radical (unpaired) electrons. The van der Waals surface area contributed by atoms with Gasteiger partial charge in [0.1, 0.15) is 5.69 Å². The molecule has 2 N–H and O–H groups in total. The van der Waals surface area contributed by atoms with Crippen LogP contribution in [0.25, 0.3) is 0 Å². The van der Waals surface area contributed by atoms with Crippen molar-refractivity contribution < 1.29 is 14.7 Å². The van der Waals surface area contributed by atoms with E-state index >= 15 is 0 Å². The van der Waals surface area contributed by atoms with Crippen LogP contribution in [0.4, 0.5) is 0 Å². The second kappa shape index (κ2) is 6.14. The number of aromatic nitrogens is 1. The van der Waals surface area contributed by atoms with Gasteiger partial charge in [-0.1, -0.05) is 19.9 Å². The third-order valence-corrected chi connectivity index (χ3v) is 2.64. The molecule has 0 aliphatic heterocycles. The first-order valence-electron chi connectivity index (χ1n) is 5.86. The highest BCUT2D eigenvalue weighted by atomic mass is 16.4. The first-order valence-corrected chi connectivity index (χ1v) is 5.86. The Bertz CT molecular complexity index is 444. The van der Waals surface area contributed by atoms with Gasteiger partial charge in [-0.3, -0.25) is 9.59 Å². The van der Waals surface area contributed by atoms with E-state index in [0.717, 1.165) is 5.69 Å². The maximum absolute atomic E-state index is 11.9. The van der Waals surface area contributed by atoms with E-state index in [0.29, 0.717) is 5.69 Å². The monoisotopic (exact) mass is 250 g/mol. The number of nitrogens with one attached hydrogen (secondary N) is 1. The lowest BCUT2D eigenvalue weighted by molar-refractivity contribution is -0.137. The Morgan fingerprint density at radius 3 is 2.56 bits per heavy atom. The Kier molecular flexibility index (Phi) is 4.83. The summed E-state index contributed by atoms with van der Waals surface area (Å²) in [5.41, 5.74) is 1.06. The fourth-order valence-electron chi connectivity index (χ4n) is 1.55. The van der Waals surface area contributed by atoms with Crippen LogP contribution in [0.3, 0.4) is 0 Å². The van der Waals surface area contributed by atoms with Crippen LogP contribution in [-0.4, -0.2) is 28.0 Å². The van der Waals surface area contributed by atoms with Crippen LogP contribution in [0.2, 0.25) is 0 Å². The number of hydrogen-bond donors (Lipinski definition) is 2. The van der Waals surface area contributed by atoms with Crippen molar-refractivity contribution in [1.82, 2.24) is 10.3 Å². The summed E-state index contributed by atoms with van der Waals surface area (Å²) < 4.78 is 0. The molecule has 0 spiro atoms. The molecule has 0 aromatic carbocycles. The summed E-state index contributed by atoms with van der Waals surface area (Å²) in [6, 6.07) is 4.77. The van der Waals surface area contributed by atoms with Gasteiger partial charge in [-0.25, -0.2) is 4.98 Å². The van der Waals surface area contributed by atoms with E-state index in [1.165, 1.54) is 0 Å². The summed E-state index contributed by atoms with van der Waals surface area (Å²) in [4.78, 5) is 26.8. The van der Waals surface area contributed by atoms with Crippen LogP contribution in [0, 0.1) is 12.8 Å². The number of aryl methyl sites for hydroxylation is 1. The number of carboxylic acid groups (broad SMARTS) is 1. The fourth-order valence-corrected chi connectivity index (χ4v) is 1.55. The largest absolute Gasteiger partial charge is 0.481 e. The summed E-state index contributed by atoms with van der Waals surface area (Å²) in [5, 5.41) is 11.5. The van der Waals surface area contributed by atoms with Gasteiger partial charge in [-0.15, -0.1) is 0 Å². The van der Waals surface area contributed by atoms with Gasteiger partial charge in [0, 0.05) is 11.7 Å². The number of nitrogens with zero attached hydrogens (tertiary/aromatic N) is 1. The van der Waals surface area contributed by atoms with Gasteiger partial charge in [0.15, 0.2) is 0 Å². The van der Waals surface area contributed by atoms with E-state index in [1.54, 1.807) is 25.1 Å². The number of amides is 1. The van der Waals surface area contributed by atoms with Gasteiger partial charge >= 0.3 is 5.97 Å². The van der Waals surface area contributed by atoms with Gasteiger partial charge < -0.3 is 10.4 Å². The average molecular weight is 250 g/mol. The molecule has 1 amide bonds. The number of carbonyl (C=O) groups is 2. The molecule has 0 aliphatic rings. The molecule has 1 aromatic rings. The molecule has 0 aliphatic carbocycles. The van der Waals surface area contributed by atoms with Crippen molar-refractivity contribution in [3.8, 4) is 0 Å². The molecule has 98 valence electrons. The zero-order chi connectivity index (χ0) is 13.7. The maximum atomic E-state index is 11.9. The minimum absolute atomic E-state index is 0.0508. The Morgan fingerprint density at radius 1 is 1.39 bits per heavy atom. The lowest BCUT2D eigenvalue weighted by atomic mass is 10.0. The van der Waals surface area contributed by atoms with Crippen LogP contribution >= 0.6 is 0 Å². The number of rotatable bonds is 5. The molecule has 1 aromatic heterocycles. The van der Waals surface area contributed by atoms with Gasteiger partial charge in [0.05, 0.1) is 6.42 Å². The quantitative estimate of drug-likeness (QED) is 0.832. The third-order valence-electron chi connectivity index (χ3n) is 2.64. The number of carbonyl (C=O) groups excluding carboxylic acids is 1. The molecule has 0 bridgehead atoms. The van der Waals surface area contributed by atoms with Crippen molar-refractivity contribution in [3.63, 3.8) is 0 Å². The van der Waals surface area contributed by atoms with Crippen molar-refractivity contribution in [3.05, 3.63) is 29.6 Å². The summed E-state index contributed by atoms with van der Waals surface area (Å²) in [5.74, 6) is -1.21. The number of pyridine rings is 1. The van der Waals surface area contributed by atoms with Crippen LogP contribution < -0.4 is 5.32 Å². The smallest absolute Gasteiger partial charge is 0.305 e. The van der Waals surface area contributed by atoms with Crippen molar-refractivity contribution >= 4 is 11.9 Å². The first kappa shape index (κ1) is 14.2. The molecular formula is C13H18N2O3. The minimum Gasteiger partial charge on any atom is -0.481 e. The molecular weight excluding hydrogens is 232 g/mol. The Hall–Kier alpha value is -1.91.